The Bertz CT molecular complexity index is 1380. The Hall–Kier alpha value is -2.86. The number of pyridine rings is 1. The van der Waals surface area contributed by atoms with Crippen molar-refractivity contribution in [3.8, 4) is 0 Å². The SMILES string of the molecule is OC[C@H]1C[C@@H](n2cnc3c(N[C@H]4CCN(c5ccc6cc(Br)ccc6n5)C4)ncnc32)[C@H](O)[C@@H]1O. The Morgan fingerprint density at radius 1 is 1.09 bits per heavy atom. The highest BCUT2D eigenvalue weighted by Crippen LogP contribution is 2.37. The molecule has 0 radical (unpaired) electrons. The maximum Gasteiger partial charge on any atom is 0.165 e. The summed E-state index contributed by atoms with van der Waals surface area (Å²) < 4.78 is 2.82. The van der Waals surface area contributed by atoms with Gasteiger partial charge in [0, 0.05) is 41.5 Å². The van der Waals surface area contributed by atoms with Crippen LogP contribution < -0.4 is 10.2 Å². The number of aliphatic hydroxyl groups excluding tert-OH is 3. The number of benzene rings is 1. The second-order valence-corrected chi connectivity index (χ2v) is 10.3. The molecule has 1 aromatic carbocycles. The smallest absolute Gasteiger partial charge is 0.165 e. The summed E-state index contributed by atoms with van der Waals surface area (Å²) in [5.41, 5.74) is 2.18. The number of rotatable bonds is 5. The zero-order valence-corrected chi connectivity index (χ0v) is 20.5. The molecule has 2 fully saturated rings. The second kappa shape index (κ2) is 8.98. The highest BCUT2D eigenvalue weighted by molar-refractivity contribution is 9.10. The lowest BCUT2D eigenvalue weighted by Crippen LogP contribution is -2.30. The van der Waals surface area contributed by atoms with Crippen molar-refractivity contribution in [2.45, 2.75) is 37.1 Å². The van der Waals surface area contributed by atoms with Crippen molar-refractivity contribution >= 4 is 49.6 Å². The fourth-order valence-electron chi connectivity index (χ4n) is 5.30. The summed E-state index contributed by atoms with van der Waals surface area (Å²) in [6.07, 6.45) is 2.53. The van der Waals surface area contributed by atoms with Crippen molar-refractivity contribution in [1.82, 2.24) is 24.5 Å². The van der Waals surface area contributed by atoms with Gasteiger partial charge in [-0.05, 0) is 43.2 Å². The number of aliphatic hydroxyl groups is 3. The minimum absolute atomic E-state index is 0.165. The van der Waals surface area contributed by atoms with Gasteiger partial charge in [-0.3, -0.25) is 0 Å². The van der Waals surface area contributed by atoms with E-state index in [1.165, 1.54) is 6.33 Å². The monoisotopic (exact) mass is 539 g/mol. The minimum Gasteiger partial charge on any atom is -0.396 e. The molecule has 4 aromatic rings. The van der Waals surface area contributed by atoms with Gasteiger partial charge in [-0.25, -0.2) is 19.9 Å². The lowest BCUT2D eigenvalue weighted by Gasteiger charge is -2.19. The largest absolute Gasteiger partial charge is 0.396 e. The molecular weight excluding hydrogens is 514 g/mol. The van der Waals surface area contributed by atoms with Crippen LogP contribution in [0.1, 0.15) is 18.9 Å². The van der Waals surface area contributed by atoms with Crippen LogP contribution in [0.5, 0.6) is 0 Å². The maximum absolute atomic E-state index is 10.5. The predicted molar refractivity (Wildman–Crippen MR) is 135 cm³/mol. The Labute approximate surface area is 209 Å². The number of hydrogen-bond acceptors (Lipinski definition) is 9. The normalized spacial score (nSPS) is 26.7. The third-order valence-corrected chi connectivity index (χ3v) is 7.70. The first-order chi connectivity index (χ1) is 17.0. The predicted octanol–water partition coefficient (Wildman–Crippen LogP) is 2.10. The summed E-state index contributed by atoms with van der Waals surface area (Å²) in [7, 11) is 0. The van der Waals surface area contributed by atoms with Gasteiger partial charge in [0.1, 0.15) is 23.8 Å². The Morgan fingerprint density at radius 3 is 2.80 bits per heavy atom. The number of imidazole rings is 1. The van der Waals surface area contributed by atoms with Crippen LogP contribution in [-0.2, 0) is 0 Å². The van der Waals surface area contributed by atoms with Gasteiger partial charge in [0.25, 0.3) is 0 Å². The number of aromatic nitrogens is 5. The summed E-state index contributed by atoms with van der Waals surface area (Å²) >= 11 is 3.51. The highest BCUT2D eigenvalue weighted by atomic mass is 79.9. The minimum atomic E-state index is -0.991. The van der Waals surface area contributed by atoms with Crippen molar-refractivity contribution < 1.29 is 15.3 Å². The van der Waals surface area contributed by atoms with Crippen LogP contribution in [0.15, 0.2) is 47.5 Å². The Balaban J connectivity index is 1.20. The van der Waals surface area contributed by atoms with Crippen molar-refractivity contribution in [3.05, 3.63) is 47.5 Å². The van der Waals surface area contributed by atoms with Crippen molar-refractivity contribution in [2.24, 2.45) is 5.92 Å². The van der Waals surface area contributed by atoms with Gasteiger partial charge in [-0.15, -0.1) is 0 Å². The number of nitrogens with zero attached hydrogens (tertiary/aromatic N) is 6. The van der Waals surface area contributed by atoms with E-state index in [0.717, 1.165) is 40.7 Å². The van der Waals surface area contributed by atoms with Gasteiger partial charge >= 0.3 is 0 Å². The van der Waals surface area contributed by atoms with E-state index >= 15 is 0 Å². The van der Waals surface area contributed by atoms with Crippen LogP contribution in [0.25, 0.3) is 22.1 Å². The summed E-state index contributed by atoms with van der Waals surface area (Å²) in [6.45, 7) is 1.49. The molecule has 0 spiro atoms. The van der Waals surface area contributed by atoms with E-state index < -0.39 is 18.2 Å². The van der Waals surface area contributed by atoms with E-state index in [9.17, 15) is 15.3 Å². The second-order valence-electron chi connectivity index (χ2n) is 9.36. The van der Waals surface area contributed by atoms with Gasteiger partial charge in [0.2, 0.25) is 0 Å². The van der Waals surface area contributed by atoms with Crippen LogP contribution in [0.2, 0.25) is 0 Å². The van der Waals surface area contributed by atoms with E-state index in [2.05, 4.69) is 59.3 Å². The first-order valence-electron chi connectivity index (χ1n) is 11.7. The zero-order chi connectivity index (χ0) is 24.1. The van der Waals surface area contributed by atoms with Gasteiger partial charge in [-0.2, -0.15) is 0 Å². The lowest BCUT2D eigenvalue weighted by molar-refractivity contribution is -0.00370. The molecule has 2 aliphatic rings. The number of hydrogen-bond donors (Lipinski definition) is 4. The molecule has 0 amide bonds. The molecule has 35 heavy (non-hydrogen) atoms. The summed E-state index contributed by atoms with van der Waals surface area (Å²) in [5.74, 6) is 1.22. The van der Waals surface area contributed by atoms with Crippen LogP contribution in [-0.4, -0.2) is 77.8 Å². The van der Waals surface area contributed by atoms with Gasteiger partial charge in [-0.1, -0.05) is 15.9 Å². The third-order valence-electron chi connectivity index (χ3n) is 7.21. The molecular formula is C24H26BrN7O3. The molecule has 1 saturated heterocycles. The molecule has 6 rings (SSSR count). The highest BCUT2D eigenvalue weighted by Gasteiger charge is 2.42. The molecule has 11 heteroatoms. The van der Waals surface area contributed by atoms with Crippen LogP contribution in [0.3, 0.4) is 0 Å². The van der Waals surface area contributed by atoms with Crippen LogP contribution in [0.4, 0.5) is 11.6 Å². The fraction of sp³-hybridized carbons (Fsp3) is 0.417. The lowest BCUT2D eigenvalue weighted by atomic mass is 10.1. The van der Waals surface area contributed by atoms with E-state index in [-0.39, 0.29) is 18.6 Å². The fourth-order valence-corrected chi connectivity index (χ4v) is 5.68. The molecule has 182 valence electrons. The average Bonchev–Trinajstić information content (AvgIpc) is 3.58. The van der Waals surface area contributed by atoms with Crippen LogP contribution in [0, 0.1) is 5.92 Å². The van der Waals surface area contributed by atoms with Crippen molar-refractivity contribution in [1.29, 1.82) is 0 Å². The molecule has 0 unspecified atom stereocenters. The average molecular weight is 540 g/mol. The number of halogens is 1. The number of nitrogens with one attached hydrogen (secondary N) is 1. The first kappa shape index (κ1) is 22.6. The maximum atomic E-state index is 10.5. The Morgan fingerprint density at radius 2 is 1.97 bits per heavy atom. The number of anilines is 2. The van der Waals surface area contributed by atoms with Gasteiger partial charge in [0.15, 0.2) is 11.5 Å². The summed E-state index contributed by atoms with van der Waals surface area (Å²) in [4.78, 5) is 20.5. The molecule has 3 aromatic heterocycles. The zero-order valence-electron chi connectivity index (χ0n) is 18.9. The Kier molecular flexibility index (Phi) is 5.79. The molecule has 10 nitrogen and oxygen atoms in total. The van der Waals surface area contributed by atoms with E-state index in [1.807, 2.05) is 12.1 Å². The van der Waals surface area contributed by atoms with Crippen molar-refractivity contribution in [3.63, 3.8) is 0 Å². The van der Waals surface area contributed by atoms with E-state index in [4.69, 9.17) is 4.98 Å². The summed E-state index contributed by atoms with van der Waals surface area (Å²) in [5, 5.41) is 34.9. The molecule has 4 heterocycles. The first-order valence-corrected chi connectivity index (χ1v) is 12.5. The summed E-state index contributed by atoms with van der Waals surface area (Å²) in [6, 6.07) is 10.0. The molecule has 1 aliphatic heterocycles. The standard InChI is InChI=1S/C24H26BrN7O3/c25-15-2-3-17-13(7-15)1-4-19(30-17)31-6-5-16(9-31)29-23-20-24(27-11-26-23)32(12-28-20)18-8-14(10-33)21(34)22(18)35/h1-4,7,11-12,14,16,18,21-22,33-35H,5-6,8-10H2,(H,26,27,29)/t14-,16+,18-,21-,22+/m1/s1. The molecule has 0 bridgehead atoms. The van der Waals surface area contributed by atoms with Crippen LogP contribution >= 0.6 is 15.9 Å². The van der Waals surface area contributed by atoms with Gasteiger partial charge in [0.05, 0.1) is 24.0 Å². The van der Waals surface area contributed by atoms with E-state index in [0.29, 0.717) is 23.4 Å². The third kappa shape index (κ3) is 4.02. The molecule has 4 N–H and O–H groups in total. The quantitative estimate of drug-likeness (QED) is 0.301. The topological polar surface area (TPSA) is 132 Å². The number of fused-ring (bicyclic) bond motifs is 2. The van der Waals surface area contributed by atoms with E-state index in [1.54, 1.807) is 10.9 Å². The molecule has 1 saturated carbocycles. The van der Waals surface area contributed by atoms with Crippen molar-refractivity contribution in [2.75, 3.05) is 29.9 Å². The molecule has 5 atom stereocenters. The van der Waals surface area contributed by atoms with Gasteiger partial charge < -0.3 is 30.1 Å². The molecule has 1 aliphatic carbocycles.